The first-order valence-electron chi connectivity index (χ1n) is 10.6. The number of fused-ring (bicyclic) bond motifs is 4. The molecule has 3 aliphatic heterocycles. The van der Waals surface area contributed by atoms with E-state index in [4.69, 9.17) is 5.10 Å². The highest BCUT2D eigenvalue weighted by Gasteiger charge is 2.41. The lowest BCUT2D eigenvalue weighted by Crippen LogP contribution is -2.56. The number of aryl methyl sites for hydroxylation is 1. The molecule has 1 aromatic heterocycles. The van der Waals surface area contributed by atoms with Gasteiger partial charge in [0.1, 0.15) is 0 Å². The highest BCUT2D eigenvalue weighted by atomic mass is 16.1. The van der Waals surface area contributed by atoms with Gasteiger partial charge in [-0.1, -0.05) is 36.4 Å². The van der Waals surface area contributed by atoms with Crippen LogP contribution < -0.4 is 5.32 Å². The van der Waals surface area contributed by atoms with Crippen LogP contribution >= 0.6 is 0 Å². The fourth-order valence-electron chi connectivity index (χ4n) is 5.27. The van der Waals surface area contributed by atoms with Crippen molar-refractivity contribution in [3.05, 3.63) is 54.2 Å². The van der Waals surface area contributed by atoms with Gasteiger partial charge in [0.15, 0.2) is 0 Å². The van der Waals surface area contributed by atoms with Gasteiger partial charge in [-0.05, 0) is 48.2 Å². The van der Waals surface area contributed by atoms with E-state index in [-0.39, 0.29) is 5.91 Å². The zero-order chi connectivity index (χ0) is 20.0. The maximum absolute atomic E-state index is 11.3. The van der Waals surface area contributed by atoms with Crippen LogP contribution in [-0.4, -0.2) is 46.3 Å². The van der Waals surface area contributed by atoms with E-state index in [1.165, 1.54) is 28.5 Å². The molecule has 2 aromatic carbocycles. The van der Waals surface area contributed by atoms with Gasteiger partial charge in [-0.3, -0.25) is 14.4 Å². The van der Waals surface area contributed by atoms with Crippen molar-refractivity contribution in [2.45, 2.75) is 31.7 Å². The summed E-state index contributed by atoms with van der Waals surface area (Å²) in [7, 11) is 2.08. The van der Waals surface area contributed by atoms with Crippen LogP contribution in [0.5, 0.6) is 0 Å². The lowest BCUT2D eigenvalue weighted by molar-refractivity contribution is -0.119. The largest absolute Gasteiger partial charge is 0.355 e. The Morgan fingerprint density at radius 1 is 1.17 bits per heavy atom. The van der Waals surface area contributed by atoms with Crippen molar-refractivity contribution in [3.63, 3.8) is 0 Å². The van der Waals surface area contributed by atoms with Crippen LogP contribution in [0.4, 0.5) is 0 Å². The molecule has 2 bridgehead atoms. The molecule has 5 heteroatoms. The molecule has 3 fully saturated rings. The lowest BCUT2D eigenvalue weighted by Gasteiger charge is -2.49. The minimum absolute atomic E-state index is 0.0656. The van der Waals surface area contributed by atoms with Crippen LogP contribution in [0.2, 0.25) is 0 Å². The topological polar surface area (TPSA) is 50.2 Å². The van der Waals surface area contributed by atoms with Crippen LogP contribution in [0.25, 0.3) is 22.0 Å². The molecule has 3 aliphatic rings. The van der Waals surface area contributed by atoms with E-state index >= 15 is 0 Å². The minimum atomic E-state index is 0.0656. The molecular formula is C24H28N4O. The Morgan fingerprint density at radius 3 is 2.76 bits per heavy atom. The van der Waals surface area contributed by atoms with Crippen LogP contribution in [0.15, 0.2) is 48.5 Å². The zero-order valence-electron chi connectivity index (χ0n) is 17.1. The predicted octanol–water partition coefficient (Wildman–Crippen LogP) is 3.55. The summed E-state index contributed by atoms with van der Waals surface area (Å²) in [6, 6.07) is 17.8. The maximum atomic E-state index is 11.3. The molecule has 0 spiro atoms. The van der Waals surface area contributed by atoms with Crippen LogP contribution in [0, 0.1) is 5.92 Å². The van der Waals surface area contributed by atoms with Gasteiger partial charge < -0.3 is 5.32 Å². The number of rotatable bonds is 4. The molecule has 4 unspecified atom stereocenters. The van der Waals surface area contributed by atoms with Gasteiger partial charge in [0.2, 0.25) is 5.91 Å². The summed E-state index contributed by atoms with van der Waals surface area (Å²) in [4.78, 5) is 13.9. The van der Waals surface area contributed by atoms with Gasteiger partial charge >= 0.3 is 0 Å². The number of hydrogen-bond donors (Lipinski definition) is 1. The van der Waals surface area contributed by atoms with Gasteiger partial charge in [-0.25, -0.2) is 0 Å². The lowest BCUT2D eigenvalue weighted by atomic mass is 9.74. The molecular weight excluding hydrogens is 360 g/mol. The van der Waals surface area contributed by atoms with Crippen molar-refractivity contribution < 1.29 is 4.79 Å². The smallest absolute Gasteiger partial charge is 0.216 e. The van der Waals surface area contributed by atoms with Crippen molar-refractivity contribution in [3.8, 4) is 11.3 Å². The first-order valence-corrected chi connectivity index (χ1v) is 10.6. The van der Waals surface area contributed by atoms with Crippen LogP contribution in [-0.2, 0) is 11.8 Å². The Bertz CT molecular complexity index is 1060. The number of aromatic nitrogens is 2. The number of benzene rings is 2. The molecule has 5 nitrogen and oxygen atoms in total. The summed E-state index contributed by atoms with van der Waals surface area (Å²) >= 11 is 0. The number of carbonyl (C=O) groups is 1. The van der Waals surface area contributed by atoms with E-state index in [1.807, 2.05) is 0 Å². The van der Waals surface area contributed by atoms with Crippen LogP contribution in [0.1, 0.15) is 31.4 Å². The van der Waals surface area contributed by atoms with Gasteiger partial charge in [0, 0.05) is 50.3 Å². The second-order valence-corrected chi connectivity index (χ2v) is 8.62. The molecule has 4 atom stereocenters. The molecule has 1 N–H and O–H groups in total. The Kier molecular flexibility index (Phi) is 4.63. The molecule has 1 amide bonds. The Hall–Kier alpha value is -2.66. The highest BCUT2D eigenvalue weighted by molar-refractivity contribution is 5.86. The van der Waals surface area contributed by atoms with Gasteiger partial charge in [-0.15, -0.1) is 0 Å². The zero-order valence-corrected chi connectivity index (χ0v) is 17.1. The third-order valence-corrected chi connectivity index (χ3v) is 6.81. The van der Waals surface area contributed by atoms with E-state index in [0.717, 1.165) is 31.7 Å². The van der Waals surface area contributed by atoms with Crippen molar-refractivity contribution in [1.29, 1.82) is 0 Å². The summed E-state index contributed by atoms with van der Waals surface area (Å²) in [5.74, 6) is 1.25. The number of hydrogen-bond acceptors (Lipinski definition) is 3. The first-order chi connectivity index (χ1) is 14.1. The monoisotopic (exact) mass is 388 g/mol. The number of amides is 1. The molecule has 4 heterocycles. The summed E-state index contributed by atoms with van der Waals surface area (Å²) in [5, 5.41) is 10.4. The quantitative estimate of drug-likeness (QED) is 0.744. The van der Waals surface area contributed by atoms with Crippen molar-refractivity contribution >= 4 is 16.7 Å². The molecule has 3 aromatic rings. The number of nitrogens with zero attached hydrogens (tertiary/aromatic N) is 3. The number of carbonyl (C=O) groups excluding carboxylic acids is 1. The van der Waals surface area contributed by atoms with Gasteiger partial charge in [-0.2, -0.15) is 5.10 Å². The van der Waals surface area contributed by atoms with E-state index < -0.39 is 0 Å². The fourth-order valence-corrected chi connectivity index (χ4v) is 5.27. The molecule has 0 radical (unpaired) electrons. The molecule has 0 aliphatic carbocycles. The van der Waals surface area contributed by atoms with Crippen molar-refractivity contribution in [2.24, 2.45) is 13.0 Å². The summed E-state index contributed by atoms with van der Waals surface area (Å²) in [5.41, 5.74) is 3.57. The van der Waals surface area contributed by atoms with Crippen molar-refractivity contribution in [1.82, 2.24) is 20.0 Å². The second-order valence-electron chi connectivity index (χ2n) is 8.62. The van der Waals surface area contributed by atoms with E-state index in [1.54, 1.807) is 6.92 Å². The fraction of sp³-hybridized carbons (Fsp3) is 0.417. The number of nitrogens with one attached hydrogen (secondary N) is 1. The molecule has 150 valence electrons. The molecule has 3 saturated heterocycles. The maximum Gasteiger partial charge on any atom is 0.216 e. The van der Waals surface area contributed by atoms with Crippen molar-refractivity contribution in [2.75, 3.05) is 19.6 Å². The minimum Gasteiger partial charge on any atom is -0.355 e. The Balaban J connectivity index is 1.39. The standard InChI is InChI=1S/C24H28N4O/c1-16(29)25-14-21-12-19-9-10-28(21)15-22(19)24-13-23(26-27(24)2)20-8-7-17-5-3-4-6-18(17)11-20/h3-8,11,13,19,21-22H,9-10,12,14-15H2,1-2H3,(H,25,29). The average molecular weight is 389 g/mol. The van der Waals surface area contributed by atoms with Gasteiger partial charge in [0.25, 0.3) is 0 Å². The SMILES string of the molecule is CC(=O)NCC1CC2CCN1CC2c1cc(-c2ccc3ccccc3c2)nn1C. The third kappa shape index (κ3) is 3.44. The predicted molar refractivity (Wildman–Crippen MR) is 116 cm³/mol. The Labute approximate surface area is 171 Å². The third-order valence-electron chi connectivity index (χ3n) is 6.81. The van der Waals surface area contributed by atoms with E-state index in [0.29, 0.717) is 17.9 Å². The normalized spacial score (nSPS) is 26.0. The second kappa shape index (κ2) is 7.30. The summed E-state index contributed by atoms with van der Waals surface area (Å²) in [6.07, 6.45) is 2.39. The van der Waals surface area contributed by atoms with Crippen LogP contribution in [0.3, 0.4) is 0 Å². The summed E-state index contributed by atoms with van der Waals surface area (Å²) < 4.78 is 2.08. The first kappa shape index (κ1) is 18.4. The van der Waals surface area contributed by atoms with Gasteiger partial charge in [0.05, 0.1) is 5.69 Å². The van der Waals surface area contributed by atoms with E-state index in [2.05, 4.69) is 70.5 Å². The average Bonchev–Trinajstić information content (AvgIpc) is 3.13. The number of piperidine rings is 3. The van der Waals surface area contributed by atoms with E-state index in [9.17, 15) is 4.79 Å². The summed E-state index contributed by atoms with van der Waals surface area (Å²) in [6.45, 7) is 4.57. The molecule has 0 saturated carbocycles. The molecule has 6 rings (SSSR count). The highest BCUT2D eigenvalue weighted by Crippen LogP contribution is 2.42. The Morgan fingerprint density at radius 2 is 2.00 bits per heavy atom. The molecule has 29 heavy (non-hydrogen) atoms.